The van der Waals surface area contributed by atoms with E-state index in [1.807, 2.05) is 49.4 Å². The van der Waals surface area contributed by atoms with Crippen LogP contribution in [0.4, 0.5) is 23.7 Å². The van der Waals surface area contributed by atoms with Gasteiger partial charge in [-0.1, -0.05) is 39.7 Å². The lowest BCUT2D eigenvalue weighted by Crippen LogP contribution is -2.34. The minimum atomic E-state index is -1.22. The Hall–Kier alpha value is -3.98. The van der Waals surface area contributed by atoms with E-state index in [1.54, 1.807) is 12.1 Å². The Balaban J connectivity index is 1.56. The first-order valence-electron chi connectivity index (χ1n) is 11.3. The van der Waals surface area contributed by atoms with Gasteiger partial charge in [0.25, 0.3) is 0 Å². The van der Waals surface area contributed by atoms with Gasteiger partial charge in [-0.15, -0.1) is 0 Å². The van der Waals surface area contributed by atoms with Crippen LogP contribution in [0.5, 0.6) is 0 Å². The number of halogens is 4. The Morgan fingerprint density at radius 3 is 2.38 bits per heavy atom. The molecule has 0 fully saturated rings. The van der Waals surface area contributed by atoms with Crippen molar-refractivity contribution in [2.24, 2.45) is 0 Å². The van der Waals surface area contributed by atoms with Crippen LogP contribution in [-0.2, 0) is 13.1 Å². The summed E-state index contributed by atoms with van der Waals surface area (Å²) in [5.74, 6) is -2.61. The smallest absolute Gasteiger partial charge is 0.322 e. The number of hydrogen-bond acceptors (Lipinski definition) is 3. The monoisotopic (exact) mass is 568 g/mol. The molecule has 37 heavy (non-hydrogen) atoms. The minimum Gasteiger partial charge on any atom is -0.467 e. The van der Waals surface area contributed by atoms with Crippen LogP contribution in [0.15, 0.2) is 86.3 Å². The van der Waals surface area contributed by atoms with E-state index in [2.05, 4.69) is 21.2 Å². The molecule has 0 unspecified atom stereocenters. The molecule has 2 aromatic heterocycles. The van der Waals surface area contributed by atoms with Crippen molar-refractivity contribution in [2.75, 3.05) is 5.32 Å². The molecule has 2 heterocycles. The van der Waals surface area contributed by atoms with E-state index < -0.39 is 29.2 Å². The van der Waals surface area contributed by atoms with Crippen molar-refractivity contribution < 1.29 is 26.8 Å². The molecule has 0 radical (unpaired) electrons. The normalized spacial score (nSPS) is 11.2. The third kappa shape index (κ3) is 5.27. The molecule has 3 aromatic carbocycles. The van der Waals surface area contributed by atoms with Crippen LogP contribution in [0.2, 0.25) is 0 Å². The number of nitrogens with one attached hydrogen (secondary N) is 1. The van der Waals surface area contributed by atoms with Crippen LogP contribution < -0.4 is 5.32 Å². The summed E-state index contributed by atoms with van der Waals surface area (Å²) in [4.78, 5) is 14.6. The van der Waals surface area contributed by atoms with Gasteiger partial charge >= 0.3 is 6.03 Å². The topological polar surface area (TPSA) is 58.6 Å². The third-order valence-electron chi connectivity index (χ3n) is 5.84. The summed E-state index contributed by atoms with van der Waals surface area (Å²) < 4.78 is 54.4. The molecule has 0 spiro atoms. The predicted molar refractivity (Wildman–Crippen MR) is 137 cm³/mol. The van der Waals surface area contributed by atoms with Crippen molar-refractivity contribution in [1.29, 1.82) is 0 Å². The maximum Gasteiger partial charge on any atom is 0.322 e. The number of carbonyl (C=O) groups is 1. The maximum atomic E-state index is 14.3. The lowest BCUT2D eigenvalue weighted by Gasteiger charge is -2.22. The highest BCUT2D eigenvalue weighted by atomic mass is 79.9. The van der Waals surface area contributed by atoms with Gasteiger partial charge in [-0.3, -0.25) is 0 Å². The number of fused-ring (bicyclic) bond motifs is 1. The summed E-state index contributed by atoms with van der Waals surface area (Å²) >= 11 is 3.45. The fourth-order valence-electron chi connectivity index (χ4n) is 4.12. The highest BCUT2D eigenvalue weighted by Crippen LogP contribution is 2.37. The standard InChI is InChI=1S/C28H20BrF3N2O3/c1-16-4-9-24-21(11-16)26(17-5-7-18(29)8-6-17)25(37-24)15-34(14-20-3-2-10-36-20)28(35)33-27-22(31)12-19(30)13-23(27)32/h2-13H,14-15H2,1H3,(H,33,35). The molecule has 0 bridgehead atoms. The number of hydrogen-bond donors (Lipinski definition) is 1. The van der Waals surface area contributed by atoms with Gasteiger partial charge in [-0.2, -0.15) is 0 Å². The summed E-state index contributed by atoms with van der Waals surface area (Å²) in [5, 5.41) is 3.10. The Labute approximate surface area is 218 Å². The van der Waals surface area contributed by atoms with Gasteiger partial charge in [0.2, 0.25) is 0 Å². The molecule has 9 heteroatoms. The van der Waals surface area contributed by atoms with E-state index in [-0.39, 0.29) is 13.1 Å². The SMILES string of the molecule is Cc1ccc2oc(CN(Cc3ccco3)C(=O)Nc3c(F)cc(F)cc3F)c(-c3ccc(Br)cc3)c2c1. The molecule has 0 saturated heterocycles. The van der Waals surface area contributed by atoms with E-state index in [9.17, 15) is 18.0 Å². The van der Waals surface area contributed by atoms with Crippen molar-refractivity contribution >= 4 is 38.6 Å². The maximum absolute atomic E-state index is 14.3. The van der Waals surface area contributed by atoms with Crippen molar-refractivity contribution in [1.82, 2.24) is 4.90 Å². The summed E-state index contributed by atoms with van der Waals surface area (Å²) in [7, 11) is 0. The second-order valence-electron chi connectivity index (χ2n) is 8.52. The zero-order valence-corrected chi connectivity index (χ0v) is 21.1. The first-order valence-corrected chi connectivity index (χ1v) is 12.1. The number of urea groups is 1. The number of benzene rings is 3. The lowest BCUT2D eigenvalue weighted by molar-refractivity contribution is 0.196. The fourth-order valence-corrected chi connectivity index (χ4v) is 4.38. The second-order valence-corrected chi connectivity index (χ2v) is 9.43. The van der Waals surface area contributed by atoms with Gasteiger partial charge in [0, 0.05) is 27.6 Å². The molecule has 0 atom stereocenters. The van der Waals surface area contributed by atoms with Crippen molar-refractivity contribution in [3.8, 4) is 11.1 Å². The van der Waals surface area contributed by atoms with Gasteiger partial charge in [0.1, 0.15) is 28.6 Å². The zero-order chi connectivity index (χ0) is 26.1. The fraction of sp³-hybridized carbons (Fsp3) is 0.107. The van der Waals surface area contributed by atoms with Crippen molar-refractivity contribution in [3.63, 3.8) is 0 Å². The van der Waals surface area contributed by atoms with Gasteiger partial charge in [0.05, 0.1) is 19.4 Å². The van der Waals surface area contributed by atoms with Gasteiger partial charge in [0.15, 0.2) is 11.6 Å². The lowest BCUT2D eigenvalue weighted by atomic mass is 10.0. The van der Waals surface area contributed by atoms with Crippen molar-refractivity contribution in [2.45, 2.75) is 20.0 Å². The number of carbonyl (C=O) groups excluding carboxylic acids is 1. The molecule has 0 saturated carbocycles. The van der Waals surface area contributed by atoms with E-state index in [4.69, 9.17) is 8.83 Å². The molecule has 5 nitrogen and oxygen atoms in total. The highest BCUT2D eigenvalue weighted by Gasteiger charge is 2.25. The van der Waals surface area contributed by atoms with Crippen LogP contribution >= 0.6 is 15.9 Å². The number of nitrogens with zero attached hydrogens (tertiary/aromatic N) is 1. The van der Waals surface area contributed by atoms with Gasteiger partial charge in [-0.05, 0) is 48.9 Å². The Morgan fingerprint density at radius 1 is 0.973 bits per heavy atom. The molecule has 2 amide bonds. The summed E-state index contributed by atoms with van der Waals surface area (Å²) in [6, 6.07) is 17.0. The molecule has 0 aliphatic carbocycles. The molecule has 188 valence electrons. The Morgan fingerprint density at radius 2 is 1.70 bits per heavy atom. The van der Waals surface area contributed by atoms with Crippen LogP contribution in [0.25, 0.3) is 22.1 Å². The average molecular weight is 569 g/mol. The van der Waals surface area contributed by atoms with Gasteiger partial charge < -0.3 is 19.1 Å². The summed E-state index contributed by atoms with van der Waals surface area (Å²) in [5.41, 5.74) is 2.58. The van der Waals surface area contributed by atoms with Crippen LogP contribution in [0.1, 0.15) is 17.1 Å². The van der Waals surface area contributed by atoms with Crippen LogP contribution in [0.3, 0.4) is 0 Å². The predicted octanol–water partition coefficient (Wildman–Crippen LogP) is 8.42. The number of rotatable bonds is 6. The summed E-state index contributed by atoms with van der Waals surface area (Å²) in [6.45, 7) is 1.91. The van der Waals surface area contributed by atoms with E-state index in [0.717, 1.165) is 26.5 Å². The van der Waals surface area contributed by atoms with Crippen LogP contribution in [0, 0.1) is 24.4 Å². The molecule has 0 aliphatic rings. The van der Waals surface area contributed by atoms with E-state index >= 15 is 0 Å². The first-order chi connectivity index (χ1) is 17.8. The first kappa shape index (κ1) is 24.7. The third-order valence-corrected chi connectivity index (χ3v) is 6.37. The van der Waals surface area contributed by atoms with Gasteiger partial charge in [-0.25, -0.2) is 18.0 Å². The molecular formula is C28H20BrF3N2O3. The molecule has 1 N–H and O–H groups in total. The van der Waals surface area contributed by atoms with Crippen molar-refractivity contribution in [3.05, 3.63) is 112 Å². The van der Waals surface area contributed by atoms with Crippen LogP contribution in [-0.4, -0.2) is 10.9 Å². The van der Waals surface area contributed by atoms with E-state index in [1.165, 1.54) is 11.2 Å². The quantitative estimate of drug-likeness (QED) is 0.223. The number of aryl methyl sites for hydroxylation is 1. The average Bonchev–Trinajstić information content (AvgIpc) is 3.49. The molecule has 5 aromatic rings. The largest absolute Gasteiger partial charge is 0.467 e. The summed E-state index contributed by atoms with van der Waals surface area (Å²) in [6.07, 6.45) is 1.46. The number of furan rings is 2. The molecule has 0 aliphatic heterocycles. The Bertz CT molecular complexity index is 1560. The molecule has 5 rings (SSSR count). The zero-order valence-electron chi connectivity index (χ0n) is 19.5. The number of amides is 2. The second kappa shape index (κ2) is 10.2. The Kier molecular flexibility index (Phi) is 6.80. The minimum absolute atomic E-state index is 0.0148. The number of anilines is 1. The molecular weight excluding hydrogens is 549 g/mol. The van der Waals surface area contributed by atoms with E-state index in [0.29, 0.717) is 29.2 Å². The highest BCUT2D eigenvalue weighted by molar-refractivity contribution is 9.10.